The molecule has 0 fully saturated rings. The minimum atomic E-state index is -4.44. The number of halogens is 3. The quantitative estimate of drug-likeness (QED) is 0.556. The molecule has 1 nitrogen and oxygen atoms in total. The van der Waals surface area contributed by atoms with E-state index in [0.717, 1.165) is 6.07 Å². The molecule has 0 unspecified atom stereocenters. The van der Waals surface area contributed by atoms with Crippen molar-refractivity contribution in [2.75, 3.05) is 0 Å². The van der Waals surface area contributed by atoms with Crippen LogP contribution in [0, 0.1) is 0 Å². The fourth-order valence-corrected chi connectivity index (χ4v) is 2.93. The van der Waals surface area contributed by atoms with Crippen LogP contribution in [0.5, 0.6) is 11.5 Å². The van der Waals surface area contributed by atoms with E-state index in [1.807, 2.05) is 6.07 Å². The summed E-state index contributed by atoms with van der Waals surface area (Å²) in [6.07, 6.45) is -4.44. The highest BCUT2D eigenvalue weighted by atomic mass is 32.1. The van der Waals surface area contributed by atoms with Crippen molar-refractivity contribution in [3.8, 4) is 21.9 Å². The van der Waals surface area contributed by atoms with Gasteiger partial charge in [-0.3, -0.25) is 0 Å². The van der Waals surface area contributed by atoms with Gasteiger partial charge in [0.25, 0.3) is 0 Å². The van der Waals surface area contributed by atoms with E-state index in [1.165, 1.54) is 17.4 Å². The number of para-hydroxylation sites is 1. The van der Waals surface area contributed by atoms with Crippen LogP contribution in [0.1, 0.15) is 5.56 Å². The summed E-state index contributed by atoms with van der Waals surface area (Å²) >= 11 is 1.25. The van der Waals surface area contributed by atoms with Crippen molar-refractivity contribution in [3.05, 3.63) is 71.6 Å². The van der Waals surface area contributed by atoms with E-state index >= 15 is 0 Å². The van der Waals surface area contributed by atoms with E-state index in [4.69, 9.17) is 4.74 Å². The second-order valence-corrected chi connectivity index (χ2v) is 5.52. The van der Waals surface area contributed by atoms with Crippen LogP contribution in [0.15, 0.2) is 66.0 Å². The molecule has 3 aromatic rings. The average Bonchev–Trinajstić information content (AvgIpc) is 3.01. The maximum Gasteiger partial charge on any atom is 0.417 e. The number of benzene rings is 2. The molecule has 5 heteroatoms. The van der Waals surface area contributed by atoms with Crippen LogP contribution in [0.4, 0.5) is 13.2 Å². The SMILES string of the molecule is FC(F)(F)c1cccc(Oc2ccccc2)c1-c1cccs1. The highest BCUT2D eigenvalue weighted by Gasteiger charge is 2.35. The van der Waals surface area contributed by atoms with Crippen LogP contribution >= 0.6 is 11.3 Å². The molecule has 0 saturated heterocycles. The molecule has 0 N–H and O–H groups in total. The van der Waals surface area contributed by atoms with Crippen LogP contribution < -0.4 is 4.74 Å². The van der Waals surface area contributed by atoms with Gasteiger partial charge in [0.2, 0.25) is 0 Å². The molecule has 3 rings (SSSR count). The van der Waals surface area contributed by atoms with Crippen molar-refractivity contribution in [3.63, 3.8) is 0 Å². The molecule has 0 spiro atoms. The Hall–Kier alpha value is -2.27. The molecule has 0 aliphatic heterocycles. The lowest BCUT2D eigenvalue weighted by Crippen LogP contribution is -2.07. The minimum Gasteiger partial charge on any atom is -0.457 e. The molecular formula is C17H11F3OS. The van der Waals surface area contributed by atoms with Crippen molar-refractivity contribution in [1.82, 2.24) is 0 Å². The van der Waals surface area contributed by atoms with Gasteiger partial charge in [0.05, 0.1) is 5.56 Å². The Morgan fingerprint density at radius 2 is 1.59 bits per heavy atom. The maximum absolute atomic E-state index is 13.3. The first-order chi connectivity index (χ1) is 10.6. The van der Waals surface area contributed by atoms with Crippen molar-refractivity contribution in [2.24, 2.45) is 0 Å². The summed E-state index contributed by atoms with van der Waals surface area (Å²) < 4.78 is 45.6. The first kappa shape index (κ1) is 14.7. The predicted octanol–water partition coefficient (Wildman–Crippen LogP) is 6.23. The molecule has 0 bridgehead atoms. The number of hydrogen-bond acceptors (Lipinski definition) is 2. The molecule has 0 saturated carbocycles. The summed E-state index contributed by atoms with van der Waals surface area (Å²) in [4.78, 5) is 0.527. The molecule has 0 aliphatic rings. The fraction of sp³-hybridized carbons (Fsp3) is 0.0588. The predicted molar refractivity (Wildman–Crippen MR) is 81.3 cm³/mol. The van der Waals surface area contributed by atoms with Gasteiger partial charge < -0.3 is 4.74 Å². The van der Waals surface area contributed by atoms with Crippen LogP contribution in [-0.4, -0.2) is 0 Å². The van der Waals surface area contributed by atoms with Gasteiger partial charge in [-0.1, -0.05) is 30.3 Å². The smallest absolute Gasteiger partial charge is 0.417 e. The van der Waals surface area contributed by atoms with Crippen LogP contribution in [0.3, 0.4) is 0 Å². The van der Waals surface area contributed by atoms with Gasteiger partial charge in [0, 0.05) is 10.4 Å². The van der Waals surface area contributed by atoms with Crippen LogP contribution in [0.2, 0.25) is 0 Å². The van der Waals surface area contributed by atoms with Crippen molar-refractivity contribution < 1.29 is 17.9 Å². The standard InChI is InChI=1S/C17H11F3OS/c18-17(19,20)13-8-4-9-14(16(13)15-10-5-11-22-15)21-12-6-2-1-3-7-12/h1-11H. The summed E-state index contributed by atoms with van der Waals surface area (Å²) in [5.41, 5.74) is -0.614. The van der Waals surface area contributed by atoms with Crippen LogP contribution in [0.25, 0.3) is 10.4 Å². The second-order valence-electron chi connectivity index (χ2n) is 4.57. The van der Waals surface area contributed by atoms with Crippen molar-refractivity contribution >= 4 is 11.3 Å². The first-order valence-corrected chi connectivity index (χ1v) is 7.40. The zero-order valence-electron chi connectivity index (χ0n) is 11.3. The fourth-order valence-electron chi connectivity index (χ4n) is 2.14. The Kier molecular flexibility index (Phi) is 3.90. The lowest BCUT2D eigenvalue weighted by atomic mass is 10.0. The van der Waals surface area contributed by atoms with E-state index in [0.29, 0.717) is 10.6 Å². The maximum atomic E-state index is 13.3. The lowest BCUT2D eigenvalue weighted by molar-refractivity contribution is -0.137. The summed E-state index contributed by atoms with van der Waals surface area (Å²) in [6.45, 7) is 0. The van der Waals surface area contributed by atoms with Gasteiger partial charge in [-0.2, -0.15) is 13.2 Å². The highest BCUT2D eigenvalue weighted by Crippen LogP contribution is 2.44. The normalized spacial score (nSPS) is 11.4. The number of alkyl halides is 3. The van der Waals surface area contributed by atoms with Gasteiger partial charge >= 0.3 is 6.18 Å². The summed E-state index contributed by atoms with van der Waals surface area (Å²) in [5.74, 6) is 0.697. The zero-order valence-corrected chi connectivity index (χ0v) is 12.1. The highest BCUT2D eigenvalue weighted by molar-refractivity contribution is 7.13. The van der Waals surface area contributed by atoms with Crippen molar-refractivity contribution in [2.45, 2.75) is 6.18 Å². The van der Waals surface area contributed by atoms with Gasteiger partial charge in [0.15, 0.2) is 0 Å². The Balaban J connectivity index is 2.14. The van der Waals surface area contributed by atoms with Gasteiger partial charge in [-0.15, -0.1) is 11.3 Å². The van der Waals surface area contributed by atoms with Gasteiger partial charge in [-0.25, -0.2) is 0 Å². The number of rotatable bonds is 3. The van der Waals surface area contributed by atoms with E-state index in [9.17, 15) is 13.2 Å². The summed E-state index contributed by atoms with van der Waals surface area (Å²) in [5, 5.41) is 1.74. The Morgan fingerprint density at radius 1 is 0.818 bits per heavy atom. The monoisotopic (exact) mass is 320 g/mol. The average molecular weight is 320 g/mol. The molecule has 0 atom stereocenters. The summed E-state index contributed by atoms with van der Waals surface area (Å²) in [6, 6.07) is 16.1. The molecule has 1 aromatic heterocycles. The molecule has 0 aliphatic carbocycles. The number of ether oxygens (including phenoxy) is 1. The van der Waals surface area contributed by atoms with E-state index in [-0.39, 0.29) is 11.3 Å². The molecule has 112 valence electrons. The molecule has 22 heavy (non-hydrogen) atoms. The van der Waals surface area contributed by atoms with Crippen LogP contribution in [-0.2, 0) is 6.18 Å². The third-order valence-electron chi connectivity index (χ3n) is 3.07. The Morgan fingerprint density at radius 3 is 2.23 bits per heavy atom. The van der Waals surface area contributed by atoms with E-state index < -0.39 is 11.7 Å². The molecular weight excluding hydrogens is 309 g/mol. The minimum absolute atomic E-state index is 0.0776. The lowest BCUT2D eigenvalue weighted by Gasteiger charge is -2.16. The number of thiophene rings is 1. The topological polar surface area (TPSA) is 9.23 Å². The van der Waals surface area contributed by atoms with Gasteiger partial charge in [-0.05, 0) is 35.7 Å². The van der Waals surface area contributed by atoms with E-state index in [1.54, 1.807) is 47.8 Å². The first-order valence-electron chi connectivity index (χ1n) is 6.53. The number of hydrogen-bond donors (Lipinski definition) is 0. The largest absolute Gasteiger partial charge is 0.457 e. The molecule has 0 amide bonds. The second kappa shape index (κ2) is 5.85. The third-order valence-corrected chi connectivity index (χ3v) is 3.96. The van der Waals surface area contributed by atoms with Gasteiger partial charge in [0.1, 0.15) is 11.5 Å². The Bertz CT molecular complexity index is 749. The molecule has 1 heterocycles. The zero-order chi connectivity index (χ0) is 15.6. The summed E-state index contributed by atoms with van der Waals surface area (Å²) in [7, 11) is 0. The third kappa shape index (κ3) is 2.99. The Labute approximate surface area is 129 Å². The molecule has 2 aromatic carbocycles. The molecule has 0 radical (unpaired) electrons. The van der Waals surface area contributed by atoms with E-state index in [2.05, 4.69) is 0 Å². The van der Waals surface area contributed by atoms with Crippen molar-refractivity contribution in [1.29, 1.82) is 0 Å².